The van der Waals surface area contributed by atoms with E-state index in [0.717, 1.165) is 6.42 Å². The van der Waals surface area contributed by atoms with Crippen molar-refractivity contribution in [2.45, 2.75) is 44.6 Å². The number of carbonyl (C=O) groups is 1. The molecule has 0 aromatic carbocycles. The standard InChI is InChI=1S/C10H16F2O3/c1-6-4-3-5-9(15,7(6)2)10(11,12)8(13)14/h6-7,15H,3-5H2,1-2H3,(H,13,14). The van der Waals surface area contributed by atoms with Crippen molar-refractivity contribution in [1.29, 1.82) is 0 Å². The molecule has 1 aliphatic rings. The molecule has 15 heavy (non-hydrogen) atoms. The van der Waals surface area contributed by atoms with E-state index in [9.17, 15) is 18.7 Å². The zero-order chi connectivity index (χ0) is 11.9. The minimum absolute atomic E-state index is 0.0889. The summed E-state index contributed by atoms with van der Waals surface area (Å²) in [5.74, 6) is -7.11. The van der Waals surface area contributed by atoms with Gasteiger partial charge in [-0.2, -0.15) is 8.78 Å². The minimum Gasteiger partial charge on any atom is -0.477 e. The molecule has 0 spiro atoms. The van der Waals surface area contributed by atoms with Crippen LogP contribution in [0.4, 0.5) is 8.78 Å². The Morgan fingerprint density at radius 1 is 1.47 bits per heavy atom. The van der Waals surface area contributed by atoms with Gasteiger partial charge in [0, 0.05) is 0 Å². The fourth-order valence-electron chi connectivity index (χ4n) is 2.27. The first-order valence-electron chi connectivity index (χ1n) is 5.07. The zero-order valence-corrected chi connectivity index (χ0v) is 8.83. The highest BCUT2D eigenvalue weighted by atomic mass is 19.3. The van der Waals surface area contributed by atoms with Gasteiger partial charge in [-0.1, -0.05) is 26.7 Å². The molecule has 1 saturated carbocycles. The van der Waals surface area contributed by atoms with E-state index in [0.29, 0.717) is 6.42 Å². The highest BCUT2D eigenvalue weighted by molar-refractivity contribution is 5.77. The topological polar surface area (TPSA) is 57.5 Å². The quantitative estimate of drug-likeness (QED) is 0.750. The lowest BCUT2D eigenvalue weighted by molar-refractivity contribution is -0.234. The number of halogens is 2. The molecule has 0 aromatic rings. The van der Waals surface area contributed by atoms with Gasteiger partial charge < -0.3 is 10.2 Å². The summed E-state index contributed by atoms with van der Waals surface area (Å²) in [6, 6.07) is 0. The summed E-state index contributed by atoms with van der Waals surface area (Å²) in [6.07, 6.45) is 1.03. The zero-order valence-electron chi connectivity index (χ0n) is 8.83. The van der Waals surface area contributed by atoms with Gasteiger partial charge in [-0.05, 0) is 18.3 Å². The molecule has 0 radical (unpaired) electrons. The van der Waals surface area contributed by atoms with Gasteiger partial charge in [-0.15, -0.1) is 0 Å². The highest BCUT2D eigenvalue weighted by Gasteiger charge is 2.62. The van der Waals surface area contributed by atoms with Crippen LogP contribution in [0.5, 0.6) is 0 Å². The predicted octanol–water partition coefficient (Wildman–Crippen LogP) is 1.89. The van der Waals surface area contributed by atoms with E-state index in [4.69, 9.17) is 5.11 Å². The minimum atomic E-state index is -4.07. The van der Waals surface area contributed by atoms with Crippen LogP contribution in [0.2, 0.25) is 0 Å². The van der Waals surface area contributed by atoms with Crippen LogP contribution in [0.3, 0.4) is 0 Å². The second-order valence-corrected chi connectivity index (χ2v) is 4.46. The molecule has 1 aliphatic carbocycles. The van der Waals surface area contributed by atoms with Crippen LogP contribution in [0.25, 0.3) is 0 Å². The largest absolute Gasteiger partial charge is 0.477 e. The summed E-state index contributed by atoms with van der Waals surface area (Å²) in [7, 11) is 0. The predicted molar refractivity (Wildman–Crippen MR) is 49.7 cm³/mol. The Hall–Kier alpha value is -0.710. The van der Waals surface area contributed by atoms with Crippen LogP contribution in [0.1, 0.15) is 33.1 Å². The van der Waals surface area contributed by atoms with Crippen LogP contribution in [-0.2, 0) is 4.79 Å². The van der Waals surface area contributed by atoms with Crippen LogP contribution in [0.15, 0.2) is 0 Å². The van der Waals surface area contributed by atoms with Crippen LogP contribution in [-0.4, -0.2) is 27.7 Å². The number of hydrogen-bond donors (Lipinski definition) is 2. The second-order valence-electron chi connectivity index (χ2n) is 4.46. The van der Waals surface area contributed by atoms with E-state index in [-0.39, 0.29) is 12.3 Å². The third-order valence-corrected chi connectivity index (χ3v) is 3.64. The Labute approximate surface area is 87.1 Å². The van der Waals surface area contributed by atoms with Gasteiger partial charge >= 0.3 is 11.9 Å². The fourth-order valence-corrected chi connectivity index (χ4v) is 2.27. The van der Waals surface area contributed by atoms with Crippen molar-refractivity contribution in [2.75, 3.05) is 0 Å². The maximum atomic E-state index is 13.4. The lowest BCUT2D eigenvalue weighted by Gasteiger charge is -2.44. The van der Waals surface area contributed by atoms with Gasteiger partial charge in [0.15, 0.2) is 0 Å². The van der Waals surface area contributed by atoms with Gasteiger partial charge in [0.1, 0.15) is 5.60 Å². The van der Waals surface area contributed by atoms with Gasteiger partial charge in [0.2, 0.25) is 0 Å². The summed E-state index contributed by atoms with van der Waals surface area (Å²) < 4.78 is 26.8. The van der Waals surface area contributed by atoms with Crippen molar-refractivity contribution in [3.8, 4) is 0 Å². The van der Waals surface area contributed by atoms with Crippen LogP contribution < -0.4 is 0 Å². The number of aliphatic hydroxyl groups is 1. The van der Waals surface area contributed by atoms with Crippen molar-refractivity contribution >= 4 is 5.97 Å². The Bertz CT molecular complexity index is 267. The van der Waals surface area contributed by atoms with Crippen molar-refractivity contribution in [3.05, 3.63) is 0 Å². The lowest BCUT2D eigenvalue weighted by atomic mass is 9.67. The molecular weight excluding hydrogens is 206 g/mol. The number of carboxylic acid groups (broad SMARTS) is 1. The first kappa shape index (κ1) is 12.4. The maximum Gasteiger partial charge on any atom is 0.377 e. The average molecular weight is 222 g/mol. The second kappa shape index (κ2) is 3.70. The Balaban J connectivity index is 3.03. The maximum absolute atomic E-state index is 13.4. The molecule has 0 aliphatic heterocycles. The molecule has 0 saturated heterocycles. The van der Waals surface area contributed by atoms with Gasteiger partial charge in [-0.3, -0.25) is 0 Å². The third-order valence-electron chi connectivity index (χ3n) is 3.64. The number of aliphatic carboxylic acids is 1. The molecule has 0 aromatic heterocycles. The third kappa shape index (κ3) is 1.73. The van der Waals surface area contributed by atoms with Crippen molar-refractivity contribution in [2.24, 2.45) is 11.8 Å². The molecule has 0 heterocycles. The fraction of sp³-hybridized carbons (Fsp3) is 0.900. The SMILES string of the molecule is CC1CCCC(O)(C(F)(F)C(=O)O)C1C. The summed E-state index contributed by atoms with van der Waals surface area (Å²) in [5, 5.41) is 18.3. The molecule has 88 valence electrons. The molecule has 0 amide bonds. The van der Waals surface area contributed by atoms with E-state index >= 15 is 0 Å². The molecule has 3 unspecified atom stereocenters. The molecular formula is C10H16F2O3. The summed E-state index contributed by atoms with van der Waals surface area (Å²) >= 11 is 0. The van der Waals surface area contributed by atoms with Crippen molar-refractivity contribution in [3.63, 3.8) is 0 Å². The lowest BCUT2D eigenvalue weighted by Crippen LogP contribution is -2.59. The molecule has 3 atom stereocenters. The molecule has 5 heteroatoms. The number of carboxylic acids is 1. The smallest absolute Gasteiger partial charge is 0.377 e. The summed E-state index contributed by atoms with van der Waals surface area (Å²) in [6.45, 7) is 3.24. The van der Waals surface area contributed by atoms with E-state index in [1.54, 1.807) is 6.92 Å². The molecule has 3 nitrogen and oxygen atoms in total. The van der Waals surface area contributed by atoms with E-state index in [1.165, 1.54) is 6.92 Å². The van der Waals surface area contributed by atoms with E-state index < -0.39 is 23.4 Å². The summed E-state index contributed by atoms with van der Waals surface area (Å²) in [5.41, 5.74) is -2.41. The van der Waals surface area contributed by atoms with Gasteiger partial charge in [-0.25, -0.2) is 4.79 Å². The van der Waals surface area contributed by atoms with Crippen molar-refractivity contribution in [1.82, 2.24) is 0 Å². The normalized spacial score (nSPS) is 37.7. The number of hydrogen-bond acceptors (Lipinski definition) is 2. The summed E-state index contributed by atoms with van der Waals surface area (Å²) in [4.78, 5) is 10.5. The molecule has 1 rings (SSSR count). The highest BCUT2D eigenvalue weighted by Crippen LogP contribution is 2.46. The first-order chi connectivity index (χ1) is 6.73. The Kier molecular flexibility index (Phi) is 3.05. The first-order valence-corrected chi connectivity index (χ1v) is 5.07. The monoisotopic (exact) mass is 222 g/mol. The van der Waals surface area contributed by atoms with E-state index in [2.05, 4.69) is 0 Å². The molecule has 2 N–H and O–H groups in total. The average Bonchev–Trinajstić information content (AvgIpc) is 2.13. The van der Waals surface area contributed by atoms with Crippen LogP contribution in [0, 0.1) is 11.8 Å². The molecule has 1 fully saturated rings. The number of rotatable bonds is 2. The Morgan fingerprint density at radius 2 is 2.00 bits per heavy atom. The van der Waals surface area contributed by atoms with Crippen molar-refractivity contribution < 1.29 is 23.8 Å². The number of alkyl halides is 2. The molecule has 0 bridgehead atoms. The van der Waals surface area contributed by atoms with Gasteiger partial charge in [0.05, 0.1) is 0 Å². The van der Waals surface area contributed by atoms with Gasteiger partial charge in [0.25, 0.3) is 0 Å². The van der Waals surface area contributed by atoms with E-state index in [1.807, 2.05) is 0 Å². The van der Waals surface area contributed by atoms with Crippen LogP contribution >= 0.6 is 0 Å². The Morgan fingerprint density at radius 3 is 2.47 bits per heavy atom.